The van der Waals surface area contributed by atoms with E-state index in [9.17, 15) is 9.59 Å². The molecule has 0 aliphatic heterocycles. The lowest BCUT2D eigenvalue weighted by molar-refractivity contribution is -0.139. The fraction of sp³-hybridized carbons (Fsp3) is 0.833. The Morgan fingerprint density at radius 1 is 1.39 bits per heavy atom. The van der Waals surface area contributed by atoms with Gasteiger partial charge in [-0.1, -0.05) is 6.42 Å². The monoisotopic (exact) mass is 274 g/mol. The molecule has 0 heterocycles. The number of carboxylic acid groups (broad SMARTS) is 1. The minimum Gasteiger partial charge on any atom is -0.480 e. The number of thioether (sulfide) groups is 1. The number of amides is 2. The lowest BCUT2D eigenvalue weighted by atomic mass is 9.80. The Morgan fingerprint density at radius 3 is 2.50 bits per heavy atom. The Kier molecular flexibility index (Phi) is 6.32. The number of aliphatic carboxylic acids is 1. The number of urea groups is 1. The molecule has 6 heteroatoms. The predicted octanol–water partition coefficient (Wildman–Crippen LogP) is 1.68. The minimum atomic E-state index is -0.976. The highest BCUT2D eigenvalue weighted by molar-refractivity contribution is 7.98. The van der Waals surface area contributed by atoms with Gasteiger partial charge in [0.1, 0.15) is 6.04 Å². The summed E-state index contributed by atoms with van der Waals surface area (Å²) < 4.78 is 0. The van der Waals surface area contributed by atoms with Crippen molar-refractivity contribution in [3.05, 3.63) is 0 Å². The second kappa shape index (κ2) is 7.51. The fourth-order valence-corrected chi connectivity index (χ4v) is 2.43. The summed E-state index contributed by atoms with van der Waals surface area (Å²) in [6, 6.07) is -1.05. The summed E-state index contributed by atoms with van der Waals surface area (Å²) in [6.07, 6.45) is 5.88. The molecule has 2 amide bonds. The standard InChI is InChI=1S/C12H22N2O3S/c1-8(9-4-3-5-9)13-12(17)14-10(11(15)16)6-7-18-2/h8-10H,3-7H2,1-2H3,(H,15,16)(H2,13,14,17). The van der Waals surface area contributed by atoms with Crippen molar-refractivity contribution in [3.8, 4) is 0 Å². The number of hydrogen-bond acceptors (Lipinski definition) is 3. The lowest BCUT2D eigenvalue weighted by Crippen LogP contribution is -2.50. The van der Waals surface area contributed by atoms with E-state index in [-0.39, 0.29) is 12.1 Å². The van der Waals surface area contributed by atoms with Crippen molar-refractivity contribution in [1.82, 2.24) is 10.6 Å². The van der Waals surface area contributed by atoms with Gasteiger partial charge < -0.3 is 15.7 Å². The predicted molar refractivity (Wildman–Crippen MR) is 72.9 cm³/mol. The van der Waals surface area contributed by atoms with Crippen molar-refractivity contribution in [3.63, 3.8) is 0 Å². The number of carbonyl (C=O) groups is 2. The van der Waals surface area contributed by atoms with Crippen molar-refractivity contribution in [2.75, 3.05) is 12.0 Å². The molecule has 0 radical (unpaired) electrons. The van der Waals surface area contributed by atoms with Crippen molar-refractivity contribution in [2.24, 2.45) is 5.92 Å². The number of carboxylic acids is 1. The van der Waals surface area contributed by atoms with E-state index in [0.717, 1.165) is 18.6 Å². The first-order valence-electron chi connectivity index (χ1n) is 6.33. The van der Waals surface area contributed by atoms with Crippen molar-refractivity contribution >= 4 is 23.8 Å². The summed E-state index contributed by atoms with van der Waals surface area (Å²) in [5.41, 5.74) is 0. The van der Waals surface area contributed by atoms with Crippen LogP contribution in [0.3, 0.4) is 0 Å². The third kappa shape index (κ3) is 4.76. The highest BCUT2D eigenvalue weighted by Gasteiger charge is 2.26. The van der Waals surface area contributed by atoms with Gasteiger partial charge in [-0.05, 0) is 44.1 Å². The van der Waals surface area contributed by atoms with Crippen LogP contribution in [0.2, 0.25) is 0 Å². The maximum Gasteiger partial charge on any atom is 0.326 e. The molecule has 0 saturated heterocycles. The quantitative estimate of drug-likeness (QED) is 0.660. The highest BCUT2D eigenvalue weighted by atomic mass is 32.2. The summed E-state index contributed by atoms with van der Waals surface area (Å²) in [5.74, 6) is 0.288. The lowest BCUT2D eigenvalue weighted by Gasteiger charge is -2.32. The van der Waals surface area contributed by atoms with Gasteiger partial charge in [0.15, 0.2) is 0 Å². The number of rotatable bonds is 7. The van der Waals surface area contributed by atoms with Crippen LogP contribution in [0.25, 0.3) is 0 Å². The summed E-state index contributed by atoms with van der Waals surface area (Å²) in [6.45, 7) is 1.97. The summed E-state index contributed by atoms with van der Waals surface area (Å²) >= 11 is 1.57. The first kappa shape index (κ1) is 15.1. The van der Waals surface area contributed by atoms with Crippen molar-refractivity contribution in [2.45, 2.75) is 44.7 Å². The molecule has 5 nitrogen and oxygen atoms in total. The number of hydrogen-bond donors (Lipinski definition) is 3. The molecule has 104 valence electrons. The Morgan fingerprint density at radius 2 is 2.06 bits per heavy atom. The van der Waals surface area contributed by atoms with Crippen LogP contribution < -0.4 is 10.6 Å². The largest absolute Gasteiger partial charge is 0.480 e. The zero-order valence-corrected chi connectivity index (χ0v) is 11.8. The third-order valence-corrected chi connectivity index (χ3v) is 4.07. The van der Waals surface area contributed by atoms with Gasteiger partial charge in [-0.3, -0.25) is 0 Å². The van der Waals surface area contributed by atoms with E-state index in [1.807, 2.05) is 13.2 Å². The molecule has 2 unspecified atom stereocenters. The molecule has 0 bridgehead atoms. The molecule has 1 aliphatic carbocycles. The number of carbonyl (C=O) groups excluding carboxylic acids is 1. The SMILES string of the molecule is CSCCC(NC(=O)NC(C)C1CCC1)C(=O)O. The molecule has 3 N–H and O–H groups in total. The molecule has 1 fully saturated rings. The average molecular weight is 274 g/mol. The van der Waals surface area contributed by atoms with Crippen LogP contribution in [0, 0.1) is 5.92 Å². The van der Waals surface area contributed by atoms with Crippen molar-refractivity contribution < 1.29 is 14.7 Å². The Labute approximate surface area is 112 Å². The Bertz CT molecular complexity index is 295. The van der Waals surface area contributed by atoms with Crippen LogP contribution in [0.1, 0.15) is 32.6 Å². The summed E-state index contributed by atoms with van der Waals surface area (Å²) in [4.78, 5) is 22.7. The number of nitrogens with one attached hydrogen (secondary N) is 2. The summed E-state index contributed by atoms with van der Waals surface area (Å²) in [5, 5.41) is 14.3. The Hall–Kier alpha value is -0.910. The van der Waals surface area contributed by atoms with Gasteiger partial charge in [-0.2, -0.15) is 11.8 Å². The first-order chi connectivity index (χ1) is 8.54. The van der Waals surface area contributed by atoms with E-state index in [4.69, 9.17) is 5.11 Å². The molecule has 1 saturated carbocycles. The van der Waals surface area contributed by atoms with Crippen LogP contribution in [-0.2, 0) is 4.79 Å². The zero-order chi connectivity index (χ0) is 13.5. The highest BCUT2D eigenvalue weighted by Crippen LogP contribution is 2.29. The first-order valence-corrected chi connectivity index (χ1v) is 7.72. The average Bonchev–Trinajstić information content (AvgIpc) is 2.20. The van der Waals surface area contributed by atoms with E-state index in [1.54, 1.807) is 11.8 Å². The van der Waals surface area contributed by atoms with Crippen molar-refractivity contribution in [1.29, 1.82) is 0 Å². The molecule has 0 aromatic carbocycles. The fourth-order valence-electron chi connectivity index (χ4n) is 1.96. The van der Waals surface area contributed by atoms with Gasteiger partial charge in [-0.25, -0.2) is 9.59 Å². The topological polar surface area (TPSA) is 78.4 Å². The van der Waals surface area contributed by atoms with Gasteiger partial charge in [-0.15, -0.1) is 0 Å². The molecule has 1 rings (SSSR count). The van der Waals surface area contributed by atoms with E-state index in [1.165, 1.54) is 6.42 Å². The molecule has 18 heavy (non-hydrogen) atoms. The zero-order valence-electron chi connectivity index (χ0n) is 10.9. The minimum absolute atomic E-state index is 0.119. The summed E-state index contributed by atoms with van der Waals surface area (Å²) in [7, 11) is 0. The van der Waals surface area contributed by atoms with Gasteiger partial charge in [0.05, 0.1) is 0 Å². The normalized spacial score (nSPS) is 18.6. The smallest absolute Gasteiger partial charge is 0.326 e. The molecular formula is C12H22N2O3S. The molecule has 1 aliphatic rings. The molecule has 0 spiro atoms. The molecule has 2 atom stereocenters. The molecular weight excluding hydrogens is 252 g/mol. The van der Waals surface area contributed by atoms with E-state index in [2.05, 4.69) is 10.6 Å². The van der Waals surface area contributed by atoms with E-state index < -0.39 is 12.0 Å². The third-order valence-electron chi connectivity index (χ3n) is 3.43. The van der Waals surface area contributed by atoms with Crippen LogP contribution in [0.5, 0.6) is 0 Å². The Balaban J connectivity index is 2.32. The second-order valence-corrected chi connectivity index (χ2v) is 5.76. The molecule has 0 aromatic rings. The van der Waals surface area contributed by atoms with Gasteiger partial charge in [0.25, 0.3) is 0 Å². The van der Waals surface area contributed by atoms with E-state index >= 15 is 0 Å². The van der Waals surface area contributed by atoms with Gasteiger partial charge in [0, 0.05) is 6.04 Å². The van der Waals surface area contributed by atoms with E-state index in [0.29, 0.717) is 12.3 Å². The maximum absolute atomic E-state index is 11.7. The van der Waals surface area contributed by atoms with Gasteiger partial charge >= 0.3 is 12.0 Å². The van der Waals surface area contributed by atoms with Crippen LogP contribution in [0.4, 0.5) is 4.79 Å². The van der Waals surface area contributed by atoms with Crippen LogP contribution in [-0.4, -0.2) is 41.2 Å². The van der Waals surface area contributed by atoms with Crippen LogP contribution in [0.15, 0.2) is 0 Å². The maximum atomic E-state index is 11.7. The second-order valence-electron chi connectivity index (χ2n) is 4.77. The van der Waals surface area contributed by atoms with Crippen LogP contribution >= 0.6 is 11.8 Å². The van der Waals surface area contributed by atoms with Gasteiger partial charge in [0.2, 0.25) is 0 Å². The molecule has 0 aromatic heterocycles.